The van der Waals surface area contributed by atoms with Crippen molar-refractivity contribution in [3.63, 3.8) is 0 Å². The van der Waals surface area contributed by atoms with Gasteiger partial charge in [-0.3, -0.25) is 0 Å². The minimum atomic E-state index is 0.209. The Hall–Kier alpha value is -8.70. The Bertz CT molecular complexity index is 3880. The van der Waals surface area contributed by atoms with Gasteiger partial charge in [0.05, 0.1) is 0 Å². The number of hydrogen-bond donors (Lipinski definition) is 3. The molecule has 7 aromatic carbocycles. The van der Waals surface area contributed by atoms with Crippen molar-refractivity contribution in [2.24, 2.45) is 0 Å². The smallest absolute Gasteiger partial charge is 0.115 e. The third-order valence-corrected chi connectivity index (χ3v) is 17.4. The van der Waals surface area contributed by atoms with Crippen LogP contribution in [0, 0.1) is 71.0 Å². The van der Waals surface area contributed by atoms with Gasteiger partial charge in [0.25, 0.3) is 0 Å². The summed E-state index contributed by atoms with van der Waals surface area (Å²) in [5.74, 6) is 44.0. The van der Waals surface area contributed by atoms with Crippen LogP contribution in [0.4, 0.5) is 0 Å². The van der Waals surface area contributed by atoms with Crippen LogP contribution in [0.1, 0.15) is 296 Å². The molecule has 0 atom stereocenters. The monoisotopic (exact) mass is 1230 g/mol. The standard InChI is InChI=1S/C90H102O3/c1-7-13-19-25-31-76-65-84(77(32-26-20-14-8-2)64-82(76)49-39-71-45-57-89(92)58-46-71)51-41-74-61-73(38-37-70-43-55-88(91)56-44-70)62-75(63-74)42-52-85-67-81(36-30-24-18-12-6)87(69-79(85)34-28-22-16-10-4)54-53-86-68-78(33-27-21-15-9-3)83(66-80(86)35-29-23-17-11-5)50-40-72-47-59-90(93)60-48-72/h43-48,55-69,91-93H,7-36H2,1-6H3. The van der Waals surface area contributed by atoms with Gasteiger partial charge in [-0.15, -0.1) is 0 Å². The molecular formula is C90H102O3. The number of benzene rings is 7. The van der Waals surface area contributed by atoms with Crippen molar-refractivity contribution in [1.29, 1.82) is 0 Å². The maximum Gasteiger partial charge on any atom is 0.115 e. The molecule has 0 aliphatic heterocycles. The van der Waals surface area contributed by atoms with Crippen LogP contribution < -0.4 is 0 Å². The van der Waals surface area contributed by atoms with Crippen LogP contribution in [0.5, 0.6) is 17.2 Å². The summed E-state index contributed by atoms with van der Waals surface area (Å²) in [5, 5.41) is 30.1. The van der Waals surface area contributed by atoms with E-state index in [2.05, 4.69) is 167 Å². The van der Waals surface area contributed by atoms with Crippen molar-refractivity contribution >= 4 is 0 Å². The zero-order chi connectivity index (χ0) is 65.7. The molecule has 3 nitrogen and oxygen atoms in total. The van der Waals surface area contributed by atoms with Crippen molar-refractivity contribution < 1.29 is 15.3 Å². The van der Waals surface area contributed by atoms with Crippen LogP contribution in [0.15, 0.2) is 127 Å². The Balaban J connectivity index is 1.37. The normalized spacial score (nSPS) is 10.5. The van der Waals surface area contributed by atoms with E-state index >= 15 is 0 Å². The molecule has 0 bridgehead atoms. The highest BCUT2D eigenvalue weighted by atomic mass is 16.3. The lowest BCUT2D eigenvalue weighted by Gasteiger charge is -2.13. The molecule has 0 amide bonds. The predicted molar refractivity (Wildman–Crippen MR) is 393 cm³/mol. The average Bonchev–Trinajstić information content (AvgIpc) is 0.959. The summed E-state index contributed by atoms with van der Waals surface area (Å²) in [6.07, 6.45) is 33.5. The zero-order valence-electron chi connectivity index (χ0n) is 57.2. The van der Waals surface area contributed by atoms with E-state index < -0.39 is 0 Å². The molecule has 0 heterocycles. The summed E-state index contributed by atoms with van der Waals surface area (Å²) in [4.78, 5) is 0. The first-order valence-corrected chi connectivity index (χ1v) is 35.7. The van der Waals surface area contributed by atoms with Crippen LogP contribution in [-0.4, -0.2) is 15.3 Å². The van der Waals surface area contributed by atoms with Gasteiger partial charge in [0.15, 0.2) is 0 Å². The third-order valence-electron chi connectivity index (χ3n) is 17.4. The fraction of sp³-hybridized carbons (Fsp3) is 0.400. The molecule has 3 N–H and O–H groups in total. The second kappa shape index (κ2) is 41.0. The van der Waals surface area contributed by atoms with Crippen molar-refractivity contribution in [1.82, 2.24) is 0 Å². The second-order valence-corrected chi connectivity index (χ2v) is 25.3. The Morgan fingerprint density at radius 2 is 0.366 bits per heavy atom. The van der Waals surface area contributed by atoms with Gasteiger partial charge in [0.2, 0.25) is 0 Å². The lowest BCUT2D eigenvalue weighted by atomic mass is 9.90. The summed E-state index contributed by atoms with van der Waals surface area (Å²) in [5.41, 5.74) is 19.0. The lowest BCUT2D eigenvalue weighted by molar-refractivity contribution is 0.474. The fourth-order valence-corrected chi connectivity index (χ4v) is 11.8. The van der Waals surface area contributed by atoms with Crippen molar-refractivity contribution in [2.75, 3.05) is 0 Å². The molecular weight excluding hydrogens is 1130 g/mol. The molecule has 0 aliphatic rings. The first kappa shape index (κ1) is 71.7. The molecule has 7 aromatic rings. The molecule has 0 radical (unpaired) electrons. The van der Waals surface area contributed by atoms with E-state index in [1.165, 1.54) is 136 Å². The van der Waals surface area contributed by atoms with Crippen molar-refractivity contribution in [2.45, 2.75) is 234 Å². The SMILES string of the molecule is CCCCCCc1cc(C#Cc2cc(C#Cc3ccc(O)cc3)cc(C#Cc3cc(CCCCCC)c(C#Cc4cc(CCCCCC)c(C#Cc5ccc(O)cc5)cc4CCCCCC)cc3CCCCCC)c2)c(CCCCCC)cc1C#Cc1ccc(O)cc1. The van der Waals surface area contributed by atoms with Gasteiger partial charge in [0, 0.05) is 66.8 Å². The molecule has 0 unspecified atom stereocenters. The van der Waals surface area contributed by atoms with E-state index in [9.17, 15) is 15.3 Å². The van der Waals surface area contributed by atoms with Gasteiger partial charge in [-0.05, 0) is 238 Å². The van der Waals surface area contributed by atoms with E-state index in [0.717, 1.165) is 157 Å². The summed E-state index contributed by atoms with van der Waals surface area (Å²) < 4.78 is 0. The maximum absolute atomic E-state index is 10.1. The largest absolute Gasteiger partial charge is 0.508 e. The first-order valence-electron chi connectivity index (χ1n) is 35.7. The van der Waals surface area contributed by atoms with Gasteiger partial charge < -0.3 is 15.3 Å². The molecule has 0 aromatic heterocycles. The fourth-order valence-electron chi connectivity index (χ4n) is 11.8. The number of hydrogen-bond acceptors (Lipinski definition) is 3. The summed E-state index contributed by atoms with van der Waals surface area (Å²) >= 11 is 0. The minimum absolute atomic E-state index is 0.209. The molecule has 0 spiro atoms. The molecule has 7 rings (SSSR count). The quantitative estimate of drug-likeness (QED) is 0.0311. The van der Waals surface area contributed by atoms with E-state index in [1.807, 2.05) is 36.4 Å². The Labute approximate surface area is 562 Å². The number of aromatic hydroxyl groups is 3. The van der Waals surface area contributed by atoms with Crippen molar-refractivity contribution in [3.05, 3.63) is 228 Å². The van der Waals surface area contributed by atoms with Gasteiger partial charge in [-0.2, -0.15) is 0 Å². The average molecular weight is 1230 g/mol. The number of phenols is 3. The first-order chi connectivity index (χ1) is 45.6. The molecule has 93 heavy (non-hydrogen) atoms. The van der Waals surface area contributed by atoms with Crippen molar-refractivity contribution in [3.8, 4) is 88.3 Å². The highest BCUT2D eigenvalue weighted by Crippen LogP contribution is 2.27. The second-order valence-electron chi connectivity index (χ2n) is 25.3. The zero-order valence-corrected chi connectivity index (χ0v) is 57.2. The van der Waals surface area contributed by atoms with Crippen LogP contribution >= 0.6 is 0 Å². The Morgan fingerprint density at radius 3 is 0.570 bits per heavy atom. The van der Waals surface area contributed by atoms with E-state index in [4.69, 9.17) is 0 Å². The highest BCUT2D eigenvalue weighted by molar-refractivity contribution is 5.62. The molecule has 0 saturated carbocycles. The van der Waals surface area contributed by atoms with Gasteiger partial charge in [-0.25, -0.2) is 0 Å². The summed E-state index contributed by atoms with van der Waals surface area (Å²) in [6, 6.07) is 41.8. The van der Waals surface area contributed by atoms with E-state index in [1.54, 1.807) is 36.4 Å². The summed E-state index contributed by atoms with van der Waals surface area (Å²) in [6.45, 7) is 13.6. The lowest BCUT2D eigenvalue weighted by Crippen LogP contribution is -2.01. The molecule has 0 fully saturated rings. The van der Waals surface area contributed by atoms with Gasteiger partial charge in [-0.1, -0.05) is 228 Å². The topological polar surface area (TPSA) is 60.7 Å². The Morgan fingerprint density at radius 1 is 0.194 bits per heavy atom. The minimum Gasteiger partial charge on any atom is -0.508 e. The number of phenolic OH excluding ortho intramolecular Hbond substituents is 3. The highest BCUT2D eigenvalue weighted by Gasteiger charge is 2.14. The van der Waals surface area contributed by atoms with Gasteiger partial charge >= 0.3 is 0 Å². The number of unbranched alkanes of at least 4 members (excludes halogenated alkanes) is 18. The molecule has 3 heteroatoms. The molecule has 0 saturated heterocycles. The molecule has 0 aliphatic carbocycles. The van der Waals surface area contributed by atoms with Crippen LogP contribution in [0.3, 0.4) is 0 Å². The number of rotatable bonds is 30. The van der Waals surface area contributed by atoms with Gasteiger partial charge in [0.1, 0.15) is 17.2 Å². The van der Waals surface area contributed by atoms with Crippen LogP contribution in [0.25, 0.3) is 0 Å². The predicted octanol–water partition coefficient (Wildman–Crippen LogP) is 21.9. The maximum atomic E-state index is 10.1. The molecule has 480 valence electrons. The number of aryl methyl sites for hydroxylation is 6. The van der Waals surface area contributed by atoms with E-state index in [-0.39, 0.29) is 17.2 Å². The Kier molecular flexibility index (Phi) is 31.6. The summed E-state index contributed by atoms with van der Waals surface area (Å²) in [7, 11) is 0. The third kappa shape index (κ3) is 25.4. The van der Waals surface area contributed by atoms with E-state index in [0.29, 0.717) is 0 Å². The van der Waals surface area contributed by atoms with Crippen LogP contribution in [-0.2, 0) is 38.5 Å². The van der Waals surface area contributed by atoms with Crippen LogP contribution in [0.2, 0.25) is 0 Å².